The predicted molar refractivity (Wildman–Crippen MR) is 84.8 cm³/mol. The van der Waals surface area contributed by atoms with E-state index in [0.717, 1.165) is 29.6 Å². The lowest BCUT2D eigenvalue weighted by atomic mass is 9.86. The van der Waals surface area contributed by atoms with Crippen LogP contribution in [0.25, 0.3) is 11.0 Å². The van der Waals surface area contributed by atoms with Crippen molar-refractivity contribution < 1.29 is 13.9 Å². The Morgan fingerprint density at radius 2 is 1.91 bits per heavy atom. The molecule has 0 spiro atoms. The zero-order valence-electron chi connectivity index (χ0n) is 12.6. The predicted octanol–water partition coefficient (Wildman–Crippen LogP) is 2.53. The summed E-state index contributed by atoms with van der Waals surface area (Å²) >= 11 is 0. The van der Waals surface area contributed by atoms with Crippen LogP contribution in [0.1, 0.15) is 5.56 Å². The second-order valence-electron chi connectivity index (χ2n) is 6.60. The number of benzene rings is 1. The Bertz CT molecular complexity index is 776. The Kier molecular flexibility index (Phi) is 2.79. The number of nitrogens with one attached hydrogen (secondary N) is 1. The molecule has 2 aromatic rings. The summed E-state index contributed by atoms with van der Waals surface area (Å²) in [5, 5.41) is 4.08. The molecule has 2 amide bonds. The van der Waals surface area contributed by atoms with E-state index in [4.69, 9.17) is 9.15 Å². The molecule has 3 aliphatic heterocycles. The Morgan fingerprint density at radius 1 is 1.17 bits per heavy atom. The van der Waals surface area contributed by atoms with E-state index in [9.17, 15) is 4.79 Å². The fourth-order valence-corrected chi connectivity index (χ4v) is 4.15. The minimum atomic E-state index is 0.00378. The average Bonchev–Trinajstić information content (AvgIpc) is 3.32. The average molecular weight is 310 g/mol. The topological polar surface area (TPSA) is 54.7 Å². The minimum Gasteiger partial charge on any atom is -0.464 e. The fraction of sp³-hybridized carbons (Fsp3) is 0.389. The summed E-state index contributed by atoms with van der Waals surface area (Å²) in [6.07, 6.45) is 6.43. The summed E-state index contributed by atoms with van der Waals surface area (Å²) in [5.41, 5.74) is 1.87. The second kappa shape index (κ2) is 4.86. The van der Waals surface area contributed by atoms with Crippen molar-refractivity contribution in [2.45, 2.75) is 18.8 Å². The zero-order chi connectivity index (χ0) is 15.4. The first kappa shape index (κ1) is 13.2. The molecule has 4 atom stereocenters. The highest BCUT2D eigenvalue weighted by Crippen LogP contribution is 2.43. The Balaban J connectivity index is 1.25. The lowest BCUT2D eigenvalue weighted by Crippen LogP contribution is -2.39. The molecule has 2 fully saturated rings. The maximum absolute atomic E-state index is 12.5. The van der Waals surface area contributed by atoms with Gasteiger partial charge < -0.3 is 19.4 Å². The van der Waals surface area contributed by atoms with Crippen molar-refractivity contribution in [2.75, 3.05) is 13.1 Å². The van der Waals surface area contributed by atoms with Gasteiger partial charge in [-0.2, -0.15) is 0 Å². The molecule has 5 heteroatoms. The van der Waals surface area contributed by atoms with Crippen LogP contribution in [0.4, 0.5) is 4.79 Å². The number of furan rings is 1. The van der Waals surface area contributed by atoms with Crippen molar-refractivity contribution in [1.29, 1.82) is 0 Å². The number of hydrogen-bond donors (Lipinski definition) is 1. The van der Waals surface area contributed by atoms with Crippen LogP contribution >= 0.6 is 0 Å². The minimum absolute atomic E-state index is 0.00378. The van der Waals surface area contributed by atoms with Gasteiger partial charge in [0.25, 0.3) is 0 Å². The Labute approximate surface area is 133 Å². The first-order valence-corrected chi connectivity index (χ1v) is 8.11. The highest BCUT2D eigenvalue weighted by atomic mass is 16.5. The number of amides is 2. The third-order valence-electron chi connectivity index (χ3n) is 5.34. The SMILES string of the molecule is O=C(NCc1coc2ccccc12)N1CC2C3C=CC(O3)C2C1. The van der Waals surface area contributed by atoms with Crippen LogP contribution in [0.2, 0.25) is 0 Å². The highest BCUT2D eigenvalue weighted by Gasteiger charge is 2.51. The van der Waals surface area contributed by atoms with Crippen molar-refractivity contribution >= 4 is 17.0 Å². The zero-order valence-corrected chi connectivity index (χ0v) is 12.6. The van der Waals surface area contributed by atoms with Gasteiger partial charge in [0.15, 0.2) is 0 Å². The maximum atomic E-state index is 12.5. The van der Waals surface area contributed by atoms with E-state index in [0.29, 0.717) is 18.4 Å². The van der Waals surface area contributed by atoms with Crippen LogP contribution in [-0.4, -0.2) is 36.2 Å². The molecule has 23 heavy (non-hydrogen) atoms. The van der Waals surface area contributed by atoms with Gasteiger partial charge in [0, 0.05) is 42.4 Å². The first-order valence-electron chi connectivity index (χ1n) is 8.11. The number of para-hydroxylation sites is 1. The molecule has 2 bridgehead atoms. The third-order valence-corrected chi connectivity index (χ3v) is 5.34. The maximum Gasteiger partial charge on any atom is 0.317 e. The molecule has 1 aromatic carbocycles. The Hall–Kier alpha value is -2.27. The van der Waals surface area contributed by atoms with Gasteiger partial charge in [0.2, 0.25) is 0 Å². The number of carbonyl (C=O) groups excluding carboxylic acids is 1. The molecule has 0 saturated carbocycles. The van der Waals surface area contributed by atoms with Gasteiger partial charge in [-0.3, -0.25) is 0 Å². The molecule has 118 valence electrons. The third kappa shape index (κ3) is 2.00. The van der Waals surface area contributed by atoms with E-state index in [1.807, 2.05) is 29.2 Å². The van der Waals surface area contributed by atoms with Gasteiger partial charge in [-0.05, 0) is 6.07 Å². The van der Waals surface area contributed by atoms with Crippen molar-refractivity contribution in [3.05, 3.63) is 48.2 Å². The van der Waals surface area contributed by atoms with Gasteiger partial charge in [-0.15, -0.1) is 0 Å². The summed E-state index contributed by atoms with van der Waals surface area (Å²) in [4.78, 5) is 14.4. The van der Waals surface area contributed by atoms with Crippen molar-refractivity contribution in [3.63, 3.8) is 0 Å². The van der Waals surface area contributed by atoms with Crippen LogP contribution in [0.15, 0.2) is 47.1 Å². The molecule has 2 saturated heterocycles. The molecule has 0 aliphatic carbocycles. The number of nitrogens with zero attached hydrogens (tertiary/aromatic N) is 1. The standard InChI is InChI=1S/C18H18N2O3/c21-18(19-7-11-10-22-15-4-2-1-3-12(11)15)20-8-13-14(9-20)17-6-5-16(13)23-17/h1-6,10,13-14,16-17H,7-9H2,(H,19,21). The van der Waals surface area contributed by atoms with Crippen LogP contribution in [0, 0.1) is 11.8 Å². The van der Waals surface area contributed by atoms with Crippen LogP contribution < -0.4 is 5.32 Å². The monoisotopic (exact) mass is 310 g/mol. The van der Waals surface area contributed by atoms with Gasteiger partial charge in [-0.25, -0.2) is 4.79 Å². The molecule has 4 heterocycles. The van der Waals surface area contributed by atoms with E-state index in [1.54, 1.807) is 6.26 Å². The number of fused-ring (bicyclic) bond motifs is 6. The molecule has 5 nitrogen and oxygen atoms in total. The van der Waals surface area contributed by atoms with Crippen LogP contribution in [0.3, 0.4) is 0 Å². The largest absolute Gasteiger partial charge is 0.464 e. The summed E-state index contributed by atoms with van der Waals surface area (Å²) in [7, 11) is 0. The number of likely N-dealkylation sites (tertiary alicyclic amines) is 1. The highest BCUT2D eigenvalue weighted by molar-refractivity contribution is 5.81. The molecule has 0 radical (unpaired) electrons. The summed E-state index contributed by atoms with van der Waals surface area (Å²) in [5.74, 6) is 0.927. The Morgan fingerprint density at radius 3 is 2.70 bits per heavy atom. The molecule has 5 rings (SSSR count). The smallest absolute Gasteiger partial charge is 0.317 e. The first-order chi connectivity index (χ1) is 11.3. The van der Waals surface area contributed by atoms with Gasteiger partial charge >= 0.3 is 6.03 Å². The number of ether oxygens (including phenoxy) is 1. The van der Waals surface area contributed by atoms with Crippen molar-refractivity contribution in [1.82, 2.24) is 10.2 Å². The summed E-state index contributed by atoms with van der Waals surface area (Å²) in [6.45, 7) is 2.06. The van der Waals surface area contributed by atoms with E-state index < -0.39 is 0 Å². The van der Waals surface area contributed by atoms with Crippen molar-refractivity contribution in [3.8, 4) is 0 Å². The molecule has 1 N–H and O–H groups in total. The quantitative estimate of drug-likeness (QED) is 0.867. The van der Waals surface area contributed by atoms with E-state index in [-0.39, 0.29) is 18.2 Å². The molecular formula is C18H18N2O3. The molecule has 4 unspecified atom stereocenters. The van der Waals surface area contributed by atoms with Gasteiger partial charge in [0.05, 0.1) is 18.5 Å². The molecular weight excluding hydrogens is 292 g/mol. The lowest BCUT2D eigenvalue weighted by molar-refractivity contribution is 0.0882. The normalized spacial score (nSPS) is 31.0. The van der Waals surface area contributed by atoms with E-state index in [2.05, 4.69) is 17.5 Å². The summed E-state index contributed by atoms with van der Waals surface area (Å²) < 4.78 is 11.4. The van der Waals surface area contributed by atoms with E-state index in [1.165, 1.54) is 0 Å². The number of urea groups is 1. The second-order valence-corrected chi connectivity index (χ2v) is 6.60. The molecule has 1 aromatic heterocycles. The number of hydrogen-bond acceptors (Lipinski definition) is 3. The van der Waals surface area contributed by atoms with Gasteiger partial charge in [-0.1, -0.05) is 30.4 Å². The van der Waals surface area contributed by atoms with Crippen molar-refractivity contribution in [2.24, 2.45) is 11.8 Å². The lowest BCUT2D eigenvalue weighted by Gasteiger charge is -2.19. The van der Waals surface area contributed by atoms with Crippen LogP contribution in [-0.2, 0) is 11.3 Å². The number of rotatable bonds is 2. The van der Waals surface area contributed by atoms with Crippen LogP contribution in [0.5, 0.6) is 0 Å². The van der Waals surface area contributed by atoms with Gasteiger partial charge in [0.1, 0.15) is 5.58 Å². The van der Waals surface area contributed by atoms with E-state index >= 15 is 0 Å². The molecule has 3 aliphatic rings. The fourth-order valence-electron chi connectivity index (χ4n) is 4.15. The summed E-state index contributed by atoms with van der Waals surface area (Å²) in [6, 6.07) is 7.88. The number of carbonyl (C=O) groups is 1.